The number of fused-ring (bicyclic) bond motifs is 2. The minimum Gasteiger partial charge on any atom is -0.354 e. The molecule has 33 heavy (non-hydrogen) atoms. The van der Waals surface area contributed by atoms with Crippen molar-refractivity contribution < 1.29 is 0 Å². The number of rotatable bonds is 3. The molecule has 3 heterocycles. The van der Waals surface area contributed by atoms with Gasteiger partial charge in [-0.3, -0.25) is 4.98 Å². The zero-order chi connectivity index (χ0) is 22.0. The van der Waals surface area contributed by atoms with Crippen molar-refractivity contribution in [2.24, 2.45) is 0 Å². The molecule has 3 aromatic carbocycles. The summed E-state index contributed by atoms with van der Waals surface area (Å²) in [5.74, 6) is 0. The van der Waals surface area contributed by atoms with Crippen molar-refractivity contribution in [2.45, 2.75) is 0 Å². The third-order valence-corrected chi connectivity index (χ3v) is 5.89. The summed E-state index contributed by atoms with van der Waals surface area (Å²) < 4.78 is 0. The van der Waals surface area contributed by atoms with Crippen molar-refractivity contribution in [2.75, 3.05) is 0 Å². The first-order chi connectivity index (χ1) is 16.3. The van der Waals surface area contributed by atoms with Gasteiger partial charge in [-0.15, -0.1) is 0 Å². The lowest BCUT2D eigenvalue weighted by atomic mass is 10.0. The van der Waals surface area contributed by atoms with Crippen LogP contribution in [0.3, 0.4) is 0 Å². The molecule has 0 atom stereocenters. The number of nitrogens with one attached hydrogen (secondary N) is 1. The minimum atomic E-state index is 0.914. The van der Waals surface area contributed by atoms with Gasteiger partial charge in [-0.1, -0.05) is 78.9 Å². The maximum Gasteiger partial charge on any atom is 0.0715 e. The number of nitrogens with zero attached hydrogens (tertiary/aromatic N) is 2. The fourth-order valence-electron chi connectivity index (χ4n) is 4.35. The van der Waals surface area contributed by atoms with Crippen LogP contribution in [0.2, 0.25) is 0 Å². The Hall–Kier alpha value is -4.50. The quantitative estimate of drug-likeness (QED) is 0.412. The summed E-state index contributed by atoms with van der Waals surface area (Å²) >= 11 is 0. The minimum absolute atomic E-state index is 0.914. The van der Waals surface area contributed by atoms with Gasteiger partial charge in [0, 0.05) is 33.2 Å². The van der Waals surface area contributed by atoms with Gasteiger partial charge in [0.15, 0.2) is 0 Å². The highest BCUT2D eigenvalue weighted by molar-refractivity contribution is 5.95. The first kappa shape index (κ1) is 19.2. The molecule has 0 fully saturated rings. The van der Waals surface area contributed by atoms with E-state index in [2.05, 4.69) is 101 Å². The van der Waals surface area contributed by atoms with Crippen LogP contribution in [0.5, 0.6) is 0 Å². The number of H-pyrrole nitrogens is 1. The zero-order valence-corrected chi connectivity index (χ0v) is 17.9. The summed E-state index contributed by atoms with van der Waals surface area (Å²) in [7, 11) is 0. The topological polar surface area (TPSA) is 41.6 Å². The predicted molar refractivity (Wildman–Crippen MR) is 136 cm³/mol. The molecule has 6 rings (SSSR count). The van der Waals surface area contributed by atoms with Crippen LogP contribution in [0.1, 0.15) is 11.4 Å². The summed E-state index contributed by atoms with van der Waals surface area (Å²) in [6.07, 6.45) is 6.01. The molecule has 156 valence electrons. The SMILES string of the molecule is C(/c1ccccn1)=c1/[nH]/c(=C\c2cccc(-c3cccc4ccccc34)n2)c2ccccc12. The average molecular weight is 424 g/mol. The Morgan fingerprint density at radius 2 is 1.18 bits per heavy atom. The highest BCUT2D eigenvalue weighted by Gasteiger charge is 2.06. The van der Waals surface area contributed by atoms with Gasteiger partial charge in [0.05, 0.1) is 17.1 Å². The smallest absolute Gasteiger partial charge is 0.0715 e. The van der Waals surface area contributed by atoms with Crippen LogP contribution < -0.4 is 10.7 Å². The van der Waals surface area contributed by atoms with Gasteiger partial charge in [-0.2, -0.15) is 0 Å². The Labute approximate surface area is 191 Å². The van der Waals surface area contributed by atoms with E-state index in [9.17, 15) is 0 Å². The van der Waals surface area contributed by atoms with Crippen LogP contribution in [-0.4, -0.2) is 15.0 Å². The third kappa shape index (κ3) is 3.70. The van der Waals surface area contributed by atoms with Crippen molar-refractivity contribution >= 4 is 33.7 Å². The molecule has 0 unspecified atom stereocenters. The van der Waals surface area contributed by atoms with Crippen molar-refractivity contribution in [1.82, 2.24) is 15.0 Å². The van der Waals surface area contributed by atoms with E-state index < -0.39 is 0 Å². The highest BCUT2D eigenvalue weighted by Crippen LogP contribution is 2.27. The van der Waals surface area contributed by atoms with Gasteiger partial charge in [-0.25, -0.2) is 4.98 Å². The first-order valence-electron chi connectivity index (χ1n) is 11.0. The van der Waals surface area contributed by atoms with Crippen molar-refractivity contribution in [1.29, 1.82) is 0 Å². The van der Waals surface area contributed by atoms with E-state index in [4.69, 9.17) is 4.98 Å². The number of hydrogen-bond acceptors (Lipinski definition) is 2. The molecule has 0 aliphatic carbocycles. The van der Waals surface area contributed by atoms with E-state index in [1.54, 1.807) is 0 Å². The fraction of sp³-hybridized carbons (Fsp3) is 0. The Balaban J connectivity index is 1.51. The molecule has 6 aromatic rings. The van der Waals surface area contributed by atoms with Gasteiger partial charge >= 0.3 is 0 Å². The molecule has 3 heteroatoms. The van der Waals surface area contributed by atoms with Crippen LogP contribution >= 0.6 is 0 Å². The number of aromatic nitrogens is 3. The lowest BCUT2D eigenvalue weighted by Crippen LogP contribution is -2.10. The summed E-state index contributed by atoms with van der Waals surface area (Å²) in [5.41, 5.74) is 3.95. The van der Waals surface area contributed by atoms with Crippen LogP contribution in [0.15, 0.2) is 109 Å². The van der Waals surface area contributed by atoms with Crippen LogP contribution in [0.25, 0.3) is 45.0 Å². The van der Waals surface area contributed by atoms with Crippen LogP contribution in [0, 0.1) is 0 Å². The van der Waals surface area contributed by atoms with Gasteiger partial charge in [0.1, 0.15) is 0 Å². The van der Waals surface area contributed by atoms with E-state index in [0.717, 1.165) is 38.7 Å². The molecule has 0 aliphatic rings. The molecular weight excluding hydrogens is 402 g/mol. The standard InChI is InChI=1S/C30H21N3/c1-2-13-24-21(9-1)10-7-16-25(24)28-17-8-12-23(32-28)20-30-27-15-4-3-14-26(27)29(33-30)19-22-11-5-6-18-31-22/h1-20,33H/b29-19-,30-20-. The second kappa shape index (κ2) is 8.21. The summed E-state index contributed by atoms with van der Waals surface area (Å²) in [6, 6.07) is 35.3. The molecule has 0 aliphatic heterocycles. The predicted octanol–water partition coefficient (Wildman–Crippen LogP) is 5.44. The number of pyridine rings is 2. The Kier molecular flexibility index (Phi) is 4.78. The normalized spacial score (nSPS) is 12.6. The van der Waals surface area contributed by atoms with Crippen LogP contribution in [-0.2, 0) is 0 Å². The molecule has 3 nitrogen and oxygen atoms in total. The van der Waals surface area contributed by atoms with E-state index in [-0.39, 0.29) is 0 Å². The molecular formula is C30H21N3. The lowest BCUT2D eigenvalue weighted by Gasteiger charge is -2.06. The molecule has 0 radical (unpaired) electrons. The summed E-state index contributed by atoms with van der Waals surface area (Å²) in [5, 5.41) is 6.84. The maximum atomic E-state index is 4.99. The van der Waals surface area contributed by atoms with Gasteiger partial charge in [-0.05, 0) is 47.2 Å². The highest BCUT2D eigenvalue weighted by atomic mass is 14.7. The maximum absolute atomic E-state index is 4.99. The molecule has 0 saturated heterocycles. The summed E-state index contributed by atoms with van der Waals surface area (Å²) in [6.45, 7) is 0. The first-order valence-corrected chi connectivity index (χ1v) is 11.0. The van der Waals surface area contributed by atoms with Gasteiger partial charge in [0.25, 0.3) is 0 Å². The Morgan fingerprint density at radius 3 is 1.97 bits per heavy atom. The van der Waals surface area contributed by atoms with Crippen molar-refractivity contribution in [3.63, 3.8) is 0 Å². The Bertz CT molecular complexity index is 1710. The summed E-state index contributed by atoms with van der Waals surface area (Å²) in [4.78, 5) is 13.0. The lowest BCUT2D eigenvalue weighted by molar-refractivity contribution is 1.24. The zero-order valence-electron chi connectivity index (χ0n) is 17.9. The number of hydrogen-bond donors (Lipinski definition) is 1. The molecule has 0 saturated carbocycles. The average Bonchev–Trinajstić information content (AvgIpc) is 3.21. The van der Waals surface area contributed by atoms with E-state index in [0.29, 0.717) is 0 Å². The molecule has 0 bridgehead atoms. The molecule has 1 N–H and O–H groups in total. The van der Waals surface area contributed by atoms with E-state index in [1.165, 1.54) is 16.2 Å². The number of aromatic amines is 1. The molecule has 0 amide bonds. The van der Waals surface area contributed by atoms with Gasteiger partial charge < -0.3 is 4.98 Å². The van der Waals surface area contributed by atoms with E-state index in [1.807, 2.05) is 30.5 Å². The molecule has 0 spiro atoms. The molecule has 3 aromatic heterocycles. The fourth-order valence-corrected chi connectivity index (χ4v) is 4.35. The Morgan fingerprint density at radius 1 is 0.545 bits per heavy atom. The monoisotopic (exact) mass is 423 g/mol. The second-order valence-corrected chi connectivity index (χ2v) is 8.02. The van der Waals surface area contributed by atoms with Crippen LogP contribution in [0.4, 0.5) is 0 Å². The second-order valence-electron chi connectivity index (χ2n) is 8.02. The van der Waals surface area contributed by atoms with E-state index >= 15 is 0 Å². The van der Waals surface area contributed by atoms with Crippen molar-refractivity contribution in [3.05, 3.63) is 131 Å². The van der Waals surface area contributed by atoms with Gasteiger partial charge in [0.2, 0.25) is 0 Å². The van der Waals surface area contributed by atoms with Crippen molar-refractivity contribution in [3.8, 4) is 11.3 Å². The largest absolute Gasteiger partial charge is 0.354 e. The number of benzene rings is 3. The third-order valence-electron chi connectivity index (χ3n) is 5.89.